The van der Waals surface area contributed by atoms with Crippen LogP contribution in [0, 0.1) is 5.41 Å². The molecule has 2 aromatic carbocycles. The van der Waals surface area contributed by atoms with Crippen molar-refractivity contribution in [3.8, 4) is 0 Å². The summed E-state index contributed by atoms with van der Waals surface area (Å²) in [5.41, 5.74) is 2.72. The number of furan rings is 1. The van der Waals surface area contributed by atoms with Gasteiger partial charge in [0.05, 0.1) is 24.6 Å². The highest BCUT2D eigenvalue weighted by Gasteiger charge is 2.58. The second-order valence-electron chi connectivity index (χ2n) is 15.0. The highest BCUT2D eigenvalue weighted by molar-refractivity contribution is 6.08. The molecule has 2 aliphatic heterocycles. The van der Waals surface area contributed by atoms with Gasteiger partial charge in [-0.1, -0.05) is 48.9 Å². The van der Waals surface area contributed by atoms with E-state index in [9.17, 15) is 19.8 Å². The van der Waals surface area contributed by atoms with Gasteiger partial charge >= 0.3 is 0 Å². The average molecular weight is 652 g/mol. The number of hydrogen-bond acceptors (Lipinski definition) is 7. The molecular formula is C40H49N3O5. The molecule has 3 N–H and O–H groups in total. The number of aliphatic hydroxyl groups excluding tert-OH is 1. The average Bonchev–Trinajstić information content (AvgIpc) is 3.79. The maximum absolute atomic E-state index is 14.0. The van der Waals surface area contributed by atoms with E-state index in [1.807, 2.05) is 24.3 Å². The van der Waals surface area contributed by atoms with E-state index < -0.39 is 22.7 Å². The second-order valence-corrected chi connectivity index (χ2v) is 15.0. The van der Waals surface area contributed by atoms with Crippen LogP contribution in [0.1, 0.15) is 98.4 Å². The molecule has 8 nitrogen and oxygen atoms in total. The lowest BCUT2D eigenvalue weighted by molar-refractivity contribution is -0.126. The summed E-state index contributed by atoms with van der Waals surface area (Å²) in [4.78, 5) is 31.9. The van der Waals surface area contributed by atoms with Crippen LogP contribution in [-0.4, -0.2) is 70.4 Å². The van der Waals surface area contributed by atoms with Crippen molar-refractivity contribution >= 4 is 17.4 Å². The van der Waals surface area contributed by atoms with Gasteiger partial charge in [-0.2, -0.15) is 0 Å². The number of anilines is 1. The first-order chi connectivity index (χ1) is 23.1. The molecule has 0 unspecified atom stereocenters. The Morgan fingerprint density at radius 3 is 2.56 bits per heavy atom. The summed E-state index contributed by atoms with van der Waals surface area (Å²) in [6.45, 7) is 6.84. The molecule has 3 fully saturated rings. The summed E-state index contributed by atoms with van der Waals surface area (Å²) in [7, 11) is 0. The number of carbonyl (C=O) groups is 2. The number of rotatable bonds is 5. The number of carbonyl (C=O) groups excluding carboxylic acids is 2. The number of benzene rings is 2. The fourth-order valence-electron chi connectivity index (χ4n) is 9.22. The van der Waals surface area contributed by atoms with Crippen LogP contribution in [0.15, 0.2) is 83.0 Å². The minimum Gasteiger partial charge on any atom is -0.461 e. The van der Waals surface area contributed by atoms with E-state index in [0.29, 0.717) is 56.6 Å². The van der Waals surface area contributed by atoms with Crippen LogP contribution >= 0.6 is 0 Å². The molecule has 1 amide bonds. The highest BCUT2D eigenvalue weighted by atomic mass is 16.3. The predicted molar refractivity (Wildman–Crippen MR) is 186 cm³/mol. The van der Waals surface area contributed by atoms with E-state index in [1.165, 1.54) is 11.8 Å². The molecule has 0 radical (unpaired) electrons. The largest absolute Gasteiger partial charge is 0.461 e. The van der Waals surface area contributed by atoms with Crippen LogP contribution in [0.25, 0.3) is 0 Å². The van der Waals surface area contributed by atoms with E-state index >= 15 is 0 Å². The molecule has 5 aliphatic rings. The van der Waals surface area contributed by atoms with Gasteiger partial charge in [0.2, 0.25) is 11.7 Å². The van der Waals surface area contributed by atoms with Crippen molar-refractivity contribution in [2.24, 2.45) is 5.41 Å². The monoisotopic (exact) mass is 651 g/mol. The summed E-state index contributed by atoms with van der Waals surface area (Å²) < 4.78 is 5.58. The number of nitrogens with one attached hydrogen (secondary N) is 1. The van der Waals surface area contributed by atoms with E-state index in [4.69, 9.17) is 4.42 Å². The van der Waals surface area contributed by atoms with Gasteiger partial charge in [-0.3, -0.25) is 9.59 Å². The number of aliphatic hydroxyl groups is 2. The molecule has 1 saturated carbocycles. The van der Waals surface area contributed by atoms with Crippen molar-refractivity contribution in [3.05, 3.63) is 101 Å². The fraction of sp³-hybridized carbons (Fsp3) is 0.500. The molecule has 1 aromatic heterocycles. The summed E-state index contributed by atoms with van der Waals surface area (Å²) in [5, 5.41) is 26.8. The molecule has 2 saturated heterocycles. The first-order valence-corrected chi connectivity index (χ1v) is 17.7. The van der Waals surface area contributed by atoms with Crippen molar-refractivity contribution < 1.29 is 24.2 Å². The first-order valence-electron chi connectivity index (χ1n) is 17.7. The number of amides is 1. The number of fused-ring (bicyclic) bond motifs is 8. The Kier molecular flexibility index (Phi) is 8.85. The number of ketones is 1. The van der Waals surface area contributed by atoms with E-state index in [0.717, 1.165) is 55.6 Å². The number of allylic oxidation sites excluding steroid dienone is 2. The van der Waals surface area contributed by atoms with Crippen LogP contribution in [-0.2, 0) is 11.2 Å². The Morgan fingerprint density at radius 2 is 1.81 bits per heavy atom. The third-order valence-electron chi connectivity index (χ3n) is 12.2. The number of nitrogens with zero attached hydrogens (tertiary/aromatic N) is 2. The molecule has 1 spiro atoms. The van der Waals surface area contributed by atoms with E-state index in [-0.39, 0.29) is 17.6 Å². The quantitative estimate of drug-likeness (QED) is 0.230. The van der Waals surface area contributed by atoms with Gasteiger partial charge in [-0.25, -0.2) is 0 Å². The SMILES string of the molecule is CC1=CCC[C@@]2(C)[C@@H](CC[C@@]2(O)CN2CCC3(CC2)C(=O)NCN3c2ccccc2)c2ccc(cc2C(=O)c2ccco2)C[C@@H](O)CC1. The number of β-amino-alcohol motifs (C(OH)–C–C–N with tert-alkyl or cyclic N) is 1. The number of hydrogen-bond donors (Lipinski definition) is 3. The molecule has 8 rings (SSSR count). The standard InChI is InChI=1S/C40H49N3O5/c1-28-8-6-17-38(2)34(32-15-13-29(24-31(44)14-12-28)25-33(32)36(45)35-11-7-23-48-35)16-18-40(38,47)26-42-21-19-39(20-22-42)37(46)41-27-43(39)30-9-4-3-5-10-30/h3-5,7-11,13,15,23,25,31,34,44,47H,6,12,14,16-22,24,26-27H2,1-2H3,(H,41,46)/t31-,34-,38-,40+/m0/s1. The van der Waals surface area contributed by atoms with Gasteiger partial charge < -0.3 is 29.7 Å². The third-order valence-corrected chi connectivity index (χ3v) is 12.2. The molecule has 3 heterocycles. The van der Waals surface area contributed by atoms with Crippen LogP contribution in [0.4, 0.5) is 5.69 Å². The molecule has 2 bridgehead atoms. The van der Waals surface area contributed by atoms with Gasteiger partial charge in [-0.05, 0) is 112 Å². The Bertz CT molecular complexity index is 1660. The summed E-state index contributed by atoms with van der Waals surface area (Å²) in [6.07, 6.45) is 9.62. The third kappa shape index (κ3) is 5.82. The molecule has 3 aliphatic carbocycles. The Labute approximate surface area is 283 Å². The van der Waals surface area contributed by atoms with Crippen molar-refractivity contribution in [1.82, 2.24) is 10.2 Å². The zero-order valence-electron chi connectivity index (χ0n) is 28.3. The highest BCUT2D eigenvalue weighted by Crippen LogP contribution is 2.59. The smallest absolute Gasteiger partial charge is 0.247 e. The molecule has 8 heteroatoms. The molecule has 254 valence electrons. The topological polar surface area (TPSA) is 106 Å². The van der Waals surface area contributed by atoms with Crippen molar-refractivity contribution in [3.63, 3.8) is 0 Å². The predicted octanol–water partition coefficient (Wildman–Crippen LogP) is 5.98. The van der Waals surface area contributed by atoms with Gasteiger partial charge in [0.15, 0.2) is 5.76 Å². The first kappa shape index (κ1) is 32.8. The zero-order valence-corrected chi connectivity index (χ0v) is 28.3. The lowest BCUT2D eigenvalue weighted by atomic mass is 9.64. The maximum Gasteiger partial charge on any atom is 0.247 e. The fourth-order valence-corrected chi connectivity index (χ4v) is 9.22. The Morgan fingerprint density at radius 1 is 1.02 bits per heavy atom. The summed E-state index contributed by atoms with van der Waals surface area (Å²) in [6, 6.07) is 19.7. The summed E-state index contributed by atoms with van der Waals surface area (Å²) >= 11 is 0. The number of para-hydroxylation sites is 1. The second kappa shape index (κ2) is 13.0. The number of piperidine rings is 1. The zero-order chi connectivity index (χ0) is 33.5. The van der Waals surface area contributed by atoms with Crippen LogP contribution in [0.2, 0.25) is 0 Å². The summed E-state index contributed by atoms with van der Waals surface area (Å²) in [5.74, 6) is 0.185. The molecule has 3 aromatic rings. The lowest BCUT2D eigenvalue weighted by Gasteiger charge is -2.49. The lowest BCUT2D eigenvalue weighted by Crippen LogP contribution is -2.59. The van der Waals surface area contributed by atoms with Crippen molar-refractivity contribution in [2.45, 2.75) is 94.8 Å². The van der Waals surface area contributed by atoms with Gasteiger partial charge in [0, 0.05) is 36.3 Å². The van der Waals surface area contributed by atoms with Crippen molar-refractivity contribution in [1.29, 1.82) is 0 Å². The van der Waals surface area contributed by atoms with Gasteiger partial charge in [0.1, 0.15) is 5.54 Å². The molecule has 48 heavy (non-hydrogen) atoms. The van der Waals surface area contributed by atoms with E-state index in [2.05, 4.69) is 59.3 Å². The van der Waals surface area contributed by atoms with Crippen LogP contribution in [0.3, 0.4) is 0 Å². The maximum atomic E-state index is 14.0. The van der Waals surface area contributed by atoms with Crippen molar-refractivity contribution in [2.75, 3.05) is 31.2 Å². The Balaban J connectivity index is 1.19. The minimum atomic E-state index is -0.988. The minimum absolute atomic E-state index is 0.0441. The Hall–Kier alpha value is -3.72. The normalized spacial score (nSPS) is 29.4. The molecule has 4 atom stereocenters. The molecular weight excluding hydrogens is 602 g/mol. The van der Waals surface area contributed by atoms with E-state index in [1.54, 1.807) is 12.1 Å². The van der Waals surface area contributed by atoms with Gasteiger partial charge in [-0.15, -0.1) is 0 Å². The van der Waals surface area contributed by atoms with Crippen LogP contribution in [0.5, 0.6) is 0 Å². The van der Waals surface area contributed by atoms with Gasteiger partial charge in [0.25, 0.3) is 0 Å². The van der Waals surface area contributed by atoms with Crippen LogP contribution < -0.4 is 10.2 Å². The number of likely N-dealkylation sites (tertiary alicyclic amines) is 1.